The lowest BCUT2D eigenvalue weighted by atomic mass is 10.1. The molecule has 1 aliphatic rings. The van der Waals surface area contributed by atoms with Crippen LogP contribution in [0, 0.1) is 0 Å². The Hall–Kier alpha value is -2.40. The van der Waals surface area contributed by atoms with Crippen LogP contribution in [0.2, 0.25) is 0 Å². The fraction of sp³-hybridized carbons (Fsp3) is 0.455. The zero-order valence-corrected chi connectivity index (χ0v) is 16.6. The van der Waals surface area contributed by atoms with Gasteiger partial charge in [-0.2, -0.15) is 0 Å². The summed E-state index contributed by atoms with van der Waals surface area (Å²) in [6.45, 7) is 10.5. The molecule has 1 aliphatic heterocycles. The van der Waals surface area contributed by atoms with Crippen LogP contribution in [0.5, 0.6) is 0 Å². The fourth-order valence-electron chi connectivity index (χ4n) is 3.54. The molecule has 1 fully saturated rings. The summed E-state index contributed by atoms with van der Waals surface area (Å²) in [7, 11) is 0. The molecule has 27 heavy (non-hydrogen) atoms. The SMILES string of the molecule is CC(C)c1nccn1C(C)C(=O)N1CCN(CC=Cc2ccccc2)CC1. The number of benzene rings is 1. The van der Waals surface area contributed by atoms with E-state index < -0.39 is 0 Å². The Morgan fingerprint density at radius 3 is 2.48 bits per heavy atom. The number of rotatable bonds is 6. The maximum atomic E-state index is 12.9. The van der Waals surface area contributed by atoms with Gasteiger partial charge in [-0.3, -0.25) is 9.69 Å². The first-order valence-corrected chi connectivity index (χ1v) is 9.81. The first-order valence-electron chi connectivity index (χ1n) is 9.81. The third kappa shape index (κ3) is 4.86. The number of aromatic nitrogens is 2. The number of nitrogens with zero attached hydrogens (tertiary/aromatic N) is 4. The van der Waals surface area contributed by atoms with Gasteiger partial charge in [0.05, 0.1) is 0 Å². The molecule has 1 amide bonds. The predicted molar refractivity (Wildman–Crippen MR) is 110 cm³/mol. The van der Waals surface area contributed by atoms with Crippen molar-refractivity contribution in [2.24, 2.45) is 0 Å². The lowest BCUT2D eigenvalue weighted by molar-refractivity contribution is -0.136. The molecule has 1 saturated heterocycles. The Kier molecular flexibility index (Phi) is 6.45. The molecule has 144 valence electrons. The average molecular weight is 367 g/mol. The topological polar surface area (TPSA) is 41.4 Å². The van der Waals surface area contributed by atoms with Gasteiger partial charge in [-0.05, 0) is 12.5 Å². The van der Waals surface area contributed by atoms with Gasteiger partial charge in [0.25, 0.3) is 0 Å². The van der Waals surface area contributed by atoms with Crippen LogP contribution < -0.4 is 0 Å². The van der Waals surface area contributed by atoms with Gasteiger partial charge in [0.1, 0.15) is 11.9 Å². The summed E-state index contributed by atoms with van der Waals surface area (Å²) in [6, 6.07) is 10.1. The average Bonchev–Trinajstić information content (AvgIpc) is 3.18. The van der Waals surface area contributed by atoms with Crippen LogP contribution in [0.4, 0.5) is 0 Å². The smallest absolute Gasteiger partial charge is 0.245 e. The molecule has 5 nitrogen and oxygen atoms in total. The second kappa shape index (κ2) is 9.00. The molecule has 0 aliphatic carbocycles. The number of hydrogen-bond acceptors (Lipinski definition) is 3. The molecule has 2 heterocycles. The van der Waals surface area contributed by atoms with Crippen LogP contribution in [0.25, 0.3) is 6.08 Å². The first-order chi connectivity index (χ1) is 13.1. The summed E-state index contributed by atoms with van der Waals surface area (Å²) in [5.74, 6) is 1.47. The summed E-state index contributed by atoms with van der Waals surface area (Å²) in [4.78, 5) is 21.7. The van der Waals surface area contributed by atoms with E-state index in [2.05, 4.69) is 60.1 Å². The van der Waals surface area contributed by atoms with E-state index in [1.54, 1.807) is 6.20 Å². The Bertz CT molecular complexity index is 758. The number of imidazole rings is 1. The molecule has 0 spiro atoms. The minimum Gasteiger partial charge on any atom is -0.338 e. The zero-order valence-electron chi connectivity index (χ0n) is 16.6. The van der Waals surface area contributed by atoms with Gasteiger partial charge in [-0.15, -0.1) is 0 Å². The number of carbonyl (C=O) groups excluding carboxylic acids is 1. The van der Waals surface area contributed by atoms with Gasteiger partial charge in [-0.1, -0.05) is 56.3 Å². The molecule has 0 bridgehead atoms. The fourth-order valence-corrected chi connectivity index (χ4v) is 3.54. The lowest BCUT2D eigenvalue weighted by Gasteiger charge is -2.35. The molecular weight excluding hydrogens is 336 g/mol. The molecule has 1 aromatic carbocycles. The third-order valence-corrected chi connectivity index (χ3v) is 5.15. The predicted octanol–water partition coefficient (Wildman–Crippen LogP) is 3.43. The summed E-state index contributed by atoms with van der Waals surface area (Å²) in [6.07, 6.45) is 8.07. The van der Waals surface area contributed by atoms with Gasteiger partial charge in [0, 0.05) is 51.0 Å². The largest absolute Gasteiger partial charge is 0.338 e. The highest BCUT2D eigenvalue weighted by Gasteiger charge is 2.26. The van der Waals surface area contributed by atoms with Gasteiger partial charge in [0.2, 0.25) is 5.91 Å². The van der Waals surface area contributed by atoms with Crippen LogP contribution in [0.3, 0.4) is 0 Å². The Balaban J connectivity index is 1.50. The van der Waals surface area contributed by atoms with Gasteiger partial charge >= 0.3 is 0 Å². The van der Waals surface area contributed by atoms with Crippen molar-refractivity contribution in [3.05, 3.63) is 60.2 Å². The van der Waals surface area contributed by atoms with E-state index in [1.807, 2.05) is 28.7 Å². The summed E-state index contributed by atoms with van der Waals surface area (Å²) in [5.41, 5.74) is 1.22. The molecule has 0 N–H and O–H groups in total. The number of carbonyl (C=O) groups is 1. The molecule has 5 heteroatoms. The number of piperazine rings is 1. The highest BCUT2D eigenvalue weighted by atomic mass is 16.2. The molecule has 1 aromatic heterocycles. The molecule has 3 rings (SSSR count). The third-order valence-electron chi connectivity index (χ3n) is 5.15. The van der Waals surface area contributed by atoms with Gasteiger partial charge in [0.15, 0.2) is 0 Å². The monoisotopic (exact) mass is 366 g/mol. The maximum Gasteiger partial charge on any atom is 0.245 e. The molecule has 0 radical (unpaired) electrons. The van der Waals surface area contributed by atoms with Crippen LogP contribution in [0.1, 0.15) is 44.1 Å². The van der Waals surface area contributed by atoms with E-state index >= 15 is 0 Å². The summed E-state index contributed by atoms with van der Waals surface area (Å²) >= 11 is 0. The summed E-state index contributed by atoms with van der Waals surface area (Å²) in [5, 5.41) is 0. The van der Waals surface area contributed by atoms with Crippen LogP contribution in [-0.2, 0) is 4.79 Å². The first kappa shape index (κ1) is 19.4. The van der Waals surface area contributed by atoms with E-state index in [0.29, 0.717) is 5.92 Å². The van der Waals surface area contributed by atoms with Crippen LogP contribution in [0.15, 0.2) is 48.8 Å². The van der Waals surface area contributed by atoms with Crippen molar-refractivity contribution in [2.45, 2.75) is 32.7 Å². The van der Waals surface area contributed by atoms with Crippen molar-refractivity contribution in [1.29, 1.82) is 0 Å². The van der Waals surface area contributed by atoms with Gasteiger partial charge < -0.3 is 9.47 Å². The quantitative estimate of drug-likeness (QED) is 0.787. The van der Waals surface area contributed by atoms with E-state index in [1.165, 1.54) is 5.56 Å². The normalized spacial score (nSPS) is 17.0. The van der Waals surface area contributed by atoms with Crippen molar-refractivity contribution < 1.29 is 4.79 Å². The molecule has 2 aromatic rings. The van der Waals surface area contributed by atoms with Crippen molar-refractivity contribution in [2.75, 3.05) is 32.7 Å². The van der Waals surface area contributed by atoms with E-state index in [9.17, 15) is 4.79 Å². The number of hydrogen-bond donors (Lipinski definition) is 0. The van der Waals surface area contributed by atoms with E-state index in [0.717, 1.165) is 38.5 Å². The minimum atomic E-state index is -0.200. The number of amides is 1. The molecule has 1 unspecified atom stereocenters. The Morgan fingerprint density at radius 1 is 1.11 bits per heavy atom. The van der Waals surface area contributed by atoms with Crippen molar-refractivity contribution >= 4 is 12.0 Å². The van der Waals surface area contributed by atoms with Crippen molar-refractivity contribution in [3.8, 4) is 0 Å². The van der Waals surface area contributed by atoms with Crippen LogP contribution in [-0.4, -0.2) is 58.0 Å². The standard InChI is InChI=1S/C22H30N4O/c1-18(2)21-23-11-13-26(21)19(3)22(27)25-16-14-24(15-17-25)12-7-10-20-8-5-4-6-9-20/h4-11,13,18-19H,12,14-17H2,1-3H3. The van der Waals surface area contributed by atoms with Crippen molar-refractivity contribution in [3.63, 3.8) is 0 Å². The van der Waals surface area contributed by atoms with Crippen LogP contribution >= 0.6 is 0 Å². The highest BCUT2D eigenvalue weighted by molar-refractivity contribution is 5.80. The highest BCUT2D eigenvalue weighted by Crippen LogP contribution is 2.19. The maximum absolute atomic E-state index is 12.9. The molecule has 0 saturated carbocycles. The van der Waals surface area contributed by atoms with Crippen molar-refractivity contribution in [1.82, 2.24) is 19.4 Å². The minimum absolute atomic E-state index is 0.189. The molecular formula is C22H30N4O. The second-order valence-corrected chi connectivity index (χ2v) is 7.46. The Labute approximate surface area is 162 Å². The summed E-state index contributed by atoms with van der Waals surface area (Å²) < 4.78 is 2.02. The second-order valence-electron chi connectivity index (χ2n) is 7.46. The van der Waals surface area contributed by atoms with E-state index in [4.69, 9.17) is 0 Å². The lowest BCUT2D eigenvalue weighted by Crippen LogP contribution is -2.50. The zero-order chi connectivity index (χ0) is 19.2. The Morgan fingerprint density at radius 2 is 1.81 bits per heavy atom. The van der Waals surface area contributed by atoms with E-state index in [-0.39, 0.29) is 11.9 Å². The van der Waals surface area contributed by atoms with Gasteiger partial charge in [-0.25, -0.2) is 4.98 Å². The molecule has 1 atom stereocenters.